The average Bonchev–Trinajstić information content (AvgIpc) is 2.38. The van der Waals surface area contributed by atoms with Gasteiger partial charge in [-0.25, -0.2) is 4.79 Å². The molecule has 0 aliphatic rings. The summed E-state index contributed by atoms with van der Waals surface area (Å²) in [6.45, 7) is 4.24. The van der Waals surface area contributed by atoms with E-state index in [1.807, 2.05) is 30.3 Å². The van der Waals surface area contributed by atoms with E-state index in [0.717, 1.165) is 10.8 Å². The van der Waals surface area contributed by atoms with Crippen LogP contribution in [0.2, 0.25) is 0 Å². The lowest BCUT2D eigenvalue weighted by atomic mass is 9.99. The highest BCUT2D eigenvalue weighted by molar-refractivity contribution is 6.05. The Morgan fingerprint density at radius 2 is 2.06 bits per heavy atom. The molecule has 0 aromatic heterocycles. The number of aromatic carboxylic acids is 1. The van der Waals surface area contributed by atoms with E-state index in [1.54, 1.807) is 12.1 Å². The highest BCUT2D eigenvalue weighted by Crippen LogP contribution is 2.23. The number of carboxylic acids is 1. The maximum absolute atomic E-state index is 11.4. The van der Waals surface area contributed by atoms with Crippen molar-refractivity contribution in [2.45, 2.75) is 6.61 Å². The molecule has 0 fully saturated rings. The molecule has 0 saturated carbocycles. The summed E-state index contributed by atoms with van der Waals surface area (Å²) in [6, 6.07) is 11.2. The minimum Gasteiger partial charge on any atom is -0.478 e. The summed E-state index contributed by atoms with van der Waals surface area (Å²) >= 11 is 0. The van der Waals surface area contributed by atoms with Crippen molar-refractivity contribution in [1.82, 2.24) is 0 Å². The minimum absolute atomic E-state index is 0.276. The molecule has 0 bridgehead atoms. The molecule has 2 aromatic rings. The van der Waals surface area contributed by atoms with E-state index in [-0.39, 0.29) is 6.61 Å². The fraction of sp³-hybridized carbons (Fsp3) is 0.133. The lowest BCUT2D eigenvalue weighted by molar-refractivity contribution is 0.0692. The molecular formula is C15H14O3. The summed E-state index contributed by atoms with van der Waals surface area (Å²) in [5.41, 5.74) is 1.00. The van der Waals surface area contributed by atoms with Crippen molar-refractivity contribution in [2.24, 2.45) is 0 Å². The topological polar surface area (TPSA) is 46.5 Å². The molecule has 0 radical (unpaired) electrons. The van der Waals surface area contributed by atoms with Gasteiger partial charge in [-0.1, -0.05) is 42.5 Å². The molecule has 92 valence electrons. The summed E-state index contributed by atoms with van der Waals surface area (Å²) in [5.74, 6) is -0.927. The van der Waals surface area contributed by atoms with Crippen molar-refractivity contribution in [3.05, 3.63) is 60.2 Å². The van der Waals surface area contributed by atoms with Crippen molar-refractivity contribution >= 4 is 16.7 Å². The molecule has 3 heteroatoms. The van der Waals surface area contributed by atoms with Gasteiger partial charge in [-0.2, -0.15) is 0 Å². The standard InChI is InChI=1S/C15H14O3/c1-2-9-18-10-12-8-7-11-5-3-4-6-13(11)14(12)15(16)17/h2-8H,1,9-10H2,(H,16,17). The predicted octanol–water partition coefficient (Wildman–Crippen LogP) is 3.24. The third-order valence-electron chi connectivity index (χ3n) is 2.72. The van der Waals surface area contributed by atoms with Crippen LogP contribution in [0.1, 0.15) is 15.9 Å². The Balaban J connectivity index is 2.49. The first-order valence-electron chi connectivity index (χ1n) is 5.66. The minimum atomic E-state index is -0.927. The van der Waals surface area contributed by atoms with Gasteiger partial charge in [0.15, 0.2) is 0 Å². The fourth-order valence-corrected chi connectivity index (χ4v) is 1.94. The Hall–Kier alpha value is -2.13. The molecule has 0 unspecified atom stereocenters. The van der Waals surface area contributed by atoms with Crippen LogP contribution in [0.5, 0.6) is 0 Å². The highest BCUT2D eigenvalue weighted by Gasteiger charge is 2.13. The van der Waals surface area contributed by atoms with Crippen LogP contribution in [0.3, 0.4) is 0 Å². The van der Waals surface area contributed by atoms with E-state index in [9.17, 15) is 9.90 Å². The first kappa shape index (κ1) is 12.3. The number of hydrogen-bond donors (Lipinski definition) is 1. The van der Waals surface area contributed by atoms with Gasteiger partial charge >= 0.3 is 5.97 Å². The average molecular weight is 242 g/mol. The normalized spacial score (nSPS) is 10.4. The molecule has 0 aliphatic carbocycles. The third kappa shape index (κ3) is 2.41. The Morgan fingerprint density at radius 3 is 2.78 bits per heavy atom. The van der Waals surface area contributed by atoms with E-state index >= 15 is 0 Å². The Bertz CT molecular complexity index is 587. The zero-order valence-electron chi connectivity index (χ0n) is 9.93. The molecule has 0 heterocycles. The van der Waals surface area contributed by atoms with Crippen LogP contribution in [0.4, 0.5) is 0 Å². The molecule has 3 nitrogen and oxygen atoms in total. The number of rotatable bonds is 5. The zero-order chi connectivity index (χ0) is 13.0. The third-order valence-corrected chi connectivity index (χ3v) is 2.72. The van der Waals surface area contributed by atoms with Gasteiger partial charge < -0.3 is 9.84 Å². The van der Waals surface area contributed by atoms with Gasteiger partial charge in [0.05, 0.1) is 18.8 Å². The van der Waals surface area contributed by atoms with Crippen molar-refractivity contribution < 1.29 is 14.6 Å². The van der Waals surface area contributed by atoms with Gasteiger partial charge in [-0.3, -0.25) is 0 Å². The van der Waals surface area contributed by atoms with Crippen molar-refractivity contribution in [3.8, 4) is 0 Å². The van der Waals surface area contributed by atoms with Gasteiger partial charge in [-0.05, 0) is 16.3 Å². The summed E-state index contributed by atoms with van der Waals surface area (Å²) in [4.78, 5) is 11.4. The van der Waals surface area contributed by atoms with Crippen LogP contribution in [0, 0.1) is 0 Å². The molecular weight excluding hydrogens is 228 g/mol. The van der Waals surface area contributed by atoms with E-state index < -0.39 is 5.97 Å². The molecule has 0 saturated heterocycles. The summed E-state index contributed by atoms with van der Waals surface area (Å²) in [6.07, 6.45) is 1.64. The number of benzene rings is 2. The molecule has 0 atom stereocenters. The molecule has 0 spiro atoms. The van der Waals surface area contributed by atoms with Crippen LogP contribution in [-0.2, 0) is 11.3 Å². The number of carbonyl (C=O) groups is 1. The first-order valence-corrected chi connectivity index (χ1v) is 5.66. The van der Waals surface area contributed by atoms with E-state index in [2.05, 4.69) is 6.58 Å². The second-order valence-corrected chi connectivity index (χ2v) is 3.93. The zero-order valence-corrected chi connectivity index (χ0v) is 9.93. The van der Waals surface area contributed by atoms with Crippen LogP contribution in [0.25, 0.3) is 10.8 Å². The van der Waals surface area contributed by atoms with Crippen molar-refractivity contribution in [1.29, 1.82) is 0 Å². The maximum Gasteiger partial charge on any atom is 0.336 e. The summed E-state index contributed by atoms with van der Waals surface area (Å²) in [5, 5.41) is 11.0. The first-order chi connectivity index (χ1) is 8.74. The van der Waals surface area contributed by atoms with Crippen LogP contribution in [0.15, 0.2) is 49.1 Å². The summed E-state index contributed by atoms with van der Waals surface area (Å²) < 4.78 is 5.33. The number of fused-ring (bicyclic) bond motifs is 1. The van der Waals surface area contributed by atoms with Gasteiger partial charge in [0.1, 0.15) is 0 Å². The van der Waals surface area contributed by atoms with Crippen LogP contribution in [-0.4, -0.2) is 17.7 Å². The quantitative estimate of drug-likeness (QED) is 0.646. The largest absolute Gasteiger partial charge is 0.478 e. The highest BCUT2D eigenvalue weighted by atomic mass is 16.5. The SMILES string of the molecule is C=CCOCc1ccc2ccccc2c1C(=O)O. The molecule has 2 aromatic carbocycles. The maximum atomic E-state index is 11.4. The second kappa shape index (κ2) is 5.47. The molecule has 18 heavy (non-hydrogen) atoms. The lowest BCUT2D eigenvalue weighted by Gasteiger charge is -2.09. The smallest absolute Gasteiger partial charge is 0.336 e. The van der Waals surface area contributed by atoms with Gasteiger partial charge in [0.2, 0.25) is 0 Å². The molecule has 2 rings (SSSR count). The number of ether oxygens (including phenoxy) is 1. The molecule has 0 amide bonds. The van der Waals surface area contributed by atoms with E-state index in [0.29, 0.717) is 17.7 Å². The van der Waals surface area contributed by atoms with Crippen LogP contribution >= 0.6 is 0 Å². The van der Waals surface area contributed by atoms with E-state index in [1.165, 1.54) is 0 Å². The lowest BCUT2D eigenvalue weighted by Crippen LogP contribution is -2.05. The number of carboxylic acid groups (broad SMARTS) is 1. The van der Waals surface area contributed by atoms with Gasteiger partial charge in [-0.15, -0.1) is 6.58 Å². The van der Waals surface area contributed by atoms with Gasteiger partial charge in [0.25, 0.3) is 0 Å². The van der Waals surface area contributed by atoms with E-state index in [4.69, 9.17) is 4.74 Å². The summed E-state index contributed by atoms with van der Waals surface area (Å²) in [7, 11) is 0. The fourth-order valence-electron chi connectivity index (χ4n) is 1.94. The predicted molar refractivity (Wildman–Crippen MR) is 70.8 cm³/mol. The molecule has 1 N–H and O–H groups in total. The Labute approximate surface area is 105 Å². The second-order valence-electron chi connectivity index (χ2n) is 3.93. The molecule has 0 aliphatic heterocycles. The van der Waals surface area contributed by atoms with Gasteiger partial charge in [0, 0.05) is 0 Å². The Morgan fingerprint density at radius 1 is 1.28 bits per heavy atom. The monoisotopic (exact) mass is 242 g/mol. The van der Waals surface area contributed by atoms with Crippen molar-refractivity contribution in [2.75, 3.05) is 6.61 Å². The van der Waals surface area contributed by atoms with Crippen LogP contribution < -0.4 is 0 Å². The number of hydrogen-bond acceptors (Lipinski definition) is 2. The Kier molecular flexibility index (Phi) is 3.75. The van der Waals surface area contributed by atoms with Crippen molar-refractivity contribution in [3.63, 3.8) is 0 Å².